The van der Waals surface area contributed by atoms with Crippen molar-refractivity contribution in [1.29, 1.82) is 0 Å². The van der Waals surface area contributed by atoms with Gasteiger partial charge >= 0.3 is 0 Å². The van der Waals surface area contributed by atoms with Gasteiger partial charge in [-0.05, 0) is 90.4 Å². The summed E-state index contributed by atoms with van der Waals surface area (Å²) in [6.07, 6.45) is 5.19. The zero-order valence-electron chi connectivity index (χ0n) is 25.1. The second-order valence-electron chi connectivity index (χ2n) is 11.9. The second-order valence-corrected chi connectivity index (χ2v) is 13.6. The molecule has 3 aromatic rings. The van der Waals surface area contributed by atoms with Crippen LogP contribution in [0.2, 0.25) is 20.1 Å². The fourth-order valence-electron chi connectivity index (χ4n) is 6.76. The number of halogens is 4. The molecule has 1 saturated heterocycles. The molecule has 2 fully saturated rings. The van der Waals surface area contributed by atoms with Gasteiger partial charge in [-0.3, -0.25) is 19.4 Å². The first kappa shape index (κ1) is 31.8. The molecule has 7 rings (SSSR count). The van der Waals surface area contributed by atoms with E-state index in [0.717, 1.165) is 53.0 Å². The van der Waals surface area contributed by atoms with Gasteiger partial charge in [0.05, 0.1) is 17.4 Å². The van der Waals surface area contributed by atoms with Crippen molar-refractivity contribution in [2.24, 2.45) is 21.4 Å². The summed E-state index contributed by atoms with van der Waals surface area (Å²) in [5, 5.41) is 17.8. The Labute approximate surface area is 291 Å². The second kappa shape index (κ2) is 12.7. The quantitative estimate of drug-likeness (QED) is 0.243. The van der Waals surface area contributed by atoms with Crippen LogP contribution in [-0.4, -0.2) is 52.1 Å². The maximum Gasteiger partial charge on any atom is 0.264 e. The van der Waals surface area contributed by atoms with Crippen LogP contribution in [0.1, 0.15) is 48.9 Å². The summed E-state index contributed by atoms with van der Waals surface area (Å²) in [6.45, 7) is 1.71. The van der Waals surface area contributed by atoms with Gasteiger partial charge < -0.3 is 0 Å². The molecule has 3 aliphatic heterocycles. The number of anilines is 1. The Bertz CT molecular complexity index is 1890. The lowest BCUT2D eigenvalue weighted by molar-refractivity contribution is -0.136. The number of allylic oxidation sites excluding steroid dienone is 1. The van der Waals surface area contributed by atoms with Gasteiger partial charge in [-0.2, -0.15) is 10.2 Å². The number of hydrazone groups is 1. The average molecular weight is 710 g/mol. The van der Waals surface area contributed by atoms with Crippen molar-refractivity contribution in [3.63, 3.8) is 0 Å². The van der Waals surface area contributed by atoms with Gasteiger partial charge in [0.25, 0.3) is 17.7 Å². The normalized spacial score (nSPS) is 24.3. The minimum atomic E-state index is -1.03. The van der Waals surface area contributed by atoms with Crippen LogP contribution in [0.4, 0.5) is 5.69 Å². The van der Waals surface area contributed by atoms with Crippen LogP contribution in [-0.2, 0) is 20.8 Å². The SMILES string of the molecule is CCc1ccc(N2C(=O)[C@@H]3[C@@H](N=NN3CC(=O)N3N=C4/C(=C/c5ccc(Cl)cc5Cl)CCC[C@H]4[C@H]3c3ccc(Cl)cc3Cl)C2=O)cc1. The van der Waals surface area contributed by atoms with Gasteiger partial charge in [0.1, 0.15) is 6.54 Å². The first-order valence-corrected chi connectivity index (χ1v) is 16.8. The fourth-order valence-corrected chi connectivity index (χ4v) is 7.75. The number of fused-ring (bicyclic) bond motifs is 2. The molecule has 4 atom stereocenters. The number of hydrogen-bond acceptors (Lipinski definition) is 7. The van der Waals surface area contributed by atoms with Crippen molar-refractivity contribution in [3.8, 4) is 0 Å². The molecule has 47 heavy (non-hydrogen) atoms. The van der Waals surface area contributed by atoms with E-state index in [9.17, 15) is 14.4 Å². The van der Waals surface area contributed by atoms with E-state index in [4.69, 9.17) is 51.5 Å². The molecule has 1 saturated carbocycles. The monoisotopic (exact) mass is 708 g/mol. The van der Waals surface area contributed by atoms with E-state index in [-0.39, 0.29) is 12.5 Å². The summed E-state index contributed by atoms with van der Waals surface area (Å²) in [6, 6.07) is 15.2. The molecule has 1 aliphatic carbocycles. The van der Waals surface area contributed by atoms with Crippen molar-refractivity contribution >= 4 is 81.6 Å². The molecule has 0 bridgehead atoms. The standard InChI is InChI=1S/C34H28Cl4N6O3/c1-2-18-6-11-23(12-7-18)43-33(46)30-32(34(43)47)42(41-39-30)17-28(45)44-31(24-13-10-22(36)16-27(24)38)25-5-3-4-20(29(25)40-44)14-19-8-9-21(35)15-26(19)37/h6-16,25,30-32H,2-5,17H2,1H3/b20-14+/t25-,30-,31-,32+/m1/s1. The number of hydrogen-bond donors (Lipinski definition) is 0. The van der Waals surface area contributed by atoms with Crippen molar-refractivity contribution in [3.05, 3.63) is 103 Å². The molecule has 3 heterocycles. The molecule has 0 aromatic heterocycles. The Balaban J connectivity index is 1.20. The average Bonchev–Trinajstić information content (AvgIpc) is 3.72. The number of aryl methyl sites for hydroxylation is 1. The lowest BCUT2D eigenvalue weighted by Gasteiger charge is -2.31. The highest BCUT2D eigenvalue weighted by molar-refractivity contribution is 6.36. The van der Waals surface area contributed by atoms with E-state index >= 15 is 0 Å². The van der Waals surface area contributed by atoms with Crippen molar-refractivity contribution in [2.45, 2.75) is 50.7 Å². The van der Waals surface area contributed by atoms with Gasteiger partial charge in [-0.15, -0.1) is 0 Å². The van der Waals surface area contributed by atoms with Gasteiger partial charge in [-0.25, -0.2) is 9.91 Å². The predicted molar refractivity (Wildman–Crippen MR) is 183 cm³/mol. The molecule has 3 aromatic carbocycles. The zero-order valence-corrected chi connectivity index (χ0v) is 28.1. The number of amides is 3. The Morgan fingerprint density at radius 3 is 2.34 bits per heavy atom. The summed E-state index contributed by atoms with van der Waals surface area (Å²) >= 11 is 25.6. The molecule has 0 unspecified atom stereocenters. The topological polar surface area (TPSA) is 98.0 Å². The van der Waals surface area contributed by atoms with E-state index in [1.54, 1.807) is 36.4 Å². The Kier molecular flexibility index (Phi) is 8.59. The van der Waals surface area contributed by atoms with E-state index in [2.05, 4.69) is 10.3 Å². The molecular formula is C34H28Cl4N6O3. The molecule has 0 radical (unpaired) electrons. The number of rotatable bonds is 6. The lowest BCUT2D eigenvalue weighted by Crippen LogP contribution is -2.45. The Morgan fingerprint density at radius 1 is 0.915 bits per heavy atom. The van der Waals surface area contributed by atoms with E-state index in [1.807, 2.05) is 37.3 Å². The third-order valence-electron chi connectivity index (χ3n) is 9.09. The van der Waals surface area contributed by atoms with Gasteiger partial charge in [-0.1, -0.05) is 82.8 Å². The van der Waals surface area contributed by atoms with Crippen molar-refractivity contribution in [1.82, 2.24) is 10.0 Å². The summed E-state index contributed by atoms with van der Waals surface area (Å²) in [5.41, 5.74) is 4.76. The van der Waals surface area contributed by atoms with Gasteiger partial charge in [0.15, 0.2) is 12.1 Å². The van der Waals surface area contributed by atoms with E-state index < -0.39 is 35.8 Å². The van der Waals surface area contributed by atoms with Gasteiger partial charge in [0, 0.05) is 26.0 Å². The lowest BCUT2D eigenvalue weighted by atomic mass is 9.77. The molecule has 0 spiro atoms. The largest absolute Gasteiger partial charge is 0.271 e. The summed E-state index contributed by atoms with van der Waals surface area (Å²) in [4.78, 5) is 42.3. The van der Waals surface area contributed by atoms with Crippen LogP contribution in [0.5, 0.6) is 0 Å². The van der Waals surface area contributed by atoms with Crippen LogP contribution < -0.4 is 4.90 Å². The summed E-state index contributed by atoms with van der Waals surface area (Å²) < 4.78 is 0. The highest BCUT2D eigenvalue weighted by atomic mass is 35.5. The Morgan fingerprint density at radius 2 is 1.64 bits per heavy atom. The number of carbonyl (C=O) groups excluding carboxylic acids is 3. The van der Waals surface area contributed by atoms with Crippen molar-refractivity contribution in [2.75, 3.05) is 11.4 Å². The van der Waals surface area contributed by atoms with Crippen LogP contribution in [0.25, 0.3) is 6.08 Å². The number of carbonyl (C=O) groups is 3. The predicted octanol–water partition coefficient (Wildman–Crippen LogP) is 7.98. The molecule has 13 heteroatoms. The minimum Gasteiger partial charge on any atom is -0.271 e. The number of benzene rings is 3. The molecule has 0 N–H and O–H groups in total. The van der Waals surface area contributed by atoms with Crippen molar-refractivity contribution < 1.29 is 14.4 Å². The molecule has 3 amide bonds. The van der Waals surface area contributed by atoms with Crippen LogP contribution in [0.15, 0.2) is 81.7 Å². The first-order chi connectivity index (χ1) is 22.6. The van der Waals surface area contributed by atoms with E-state index in [0.29, 0.717) is 31.3 Å². The van der Waals surface area contributed by atoms with Gasteiger partial charge in [0.2, 0.25) is 0 Å². The first-order valence-electron chi connectivity index (χ1n) is 15.3. The zero-order chi connectivity index (χ0) is 33.0. The smallest absolute Gasteiger partial charge is 0.264 e. The highest BCUT2D eigenvalue weighted by Crippen LogP contribution is 2.47. The number of imide groups is 1. The van der Waals surface area contributed by atoms with Crippen LogP contribution in [0.3, 0.4) is 0 Å². The summed E-state index contributed by atoms with van der Waals surface area (Å²) in [5.74, 6) is -1.53. The Hall–Kier alpha value is -3.76. The molecule has 9 nitrogen and oxygen atoms in total. The van der Waals surface area contributed by atoms with Crippen LogP contribution in [0, 0.1) is 5.92 Å². The highest BCUT2D eigenvalue weighted by Gasteiger charge is 2.55. The molecular weight excluding hydrogens is 682 g/mol. The maximum absolute atomic E-state index is 14.2. The third-order valence-corrected chi connectivity index (χ3v) is 10.2. The minimum absolute atomic E-state index is 0.159. The maximum atomic E-state index is 14.2. The third kappa shape index (κ3) is 5.73. The molecule has 240 valence electrons. The fraction of sp³-hybridized carbons (Fsp3) is 0.294. The summed E-state index contributed by atoms with van der Waals surface area (Å²) in [7, 11) is 0. The molecule has 4 aliphatic rings. The van der Waals surface area contributed by atoms with Crippen LogP contribution >= 0.6 is 46.4 Å². The number of nitrogens with zero attached hydrogens (tertiary/aromatic N) is 6. The van der Waals surface area contributed by atoms with E-state index in [1.165, 1.54) is 10.0 Å².